The molecular weight excluding hydrogens is 184 g/mol. The van der Waals surface area contributed by atoms with Crippen molar-refractivity contribution in [3.05, 3.63) is 0 Å². The largest absolute Gasteiger partial charge is 0.187 e. The van der Waals surface area contributed by atoms with Gasteiger partial charge in [-0.1, -0.05) is 0 Å². The average Bonchev–Trinajstić information content (AvgIpc) is 0. The molecule has 1 radical (unpaired) electrons. The van der Waals surface area contributed by atoms with Gasteiger partial charge in [-0.2, -0.15) is 0 Å². The Bertz CT molecular complexity index is 6.85. The Morgan fingerprint density at radius 1 is 0.600 bits per heavy atom. The van der Waals surface area contributed by atoms with Gasteiger partial charge in [-0.3, -0.25) is 0 Å². The molecule has 5 heavy (non-hydrogen) atoms. The van der Waals surface area contributed by atoms with E-state index in [-0.39, 0.29) is 73.1 Å². The van der Waals surface area contributed by atoms with Crippen LogP contribution in [-0.2, 0) is 18.6 Å². The molecule has 0 aliphatic heterocycles. The van der Waals surface area contributed by atoms with Crippen LogP contribution in [0.4, 0.5) is 0 Å². The molecular formula is H6AlCl3V. The number of hydrogen-bond donors (Lipinski definition) is 0. The van der Waals surface area contributed by atoms with Crippen LogP contribution in [0, 0.1) is 0 Å². The van der Waals surface area contributed by atoms with Crippen LogP contribution >= 0.6 is 37.2 Å². The van der Waals surface area contributed by atoms with Crippen LogP contribution in [0.25, 0.3) is 0 Å². The van der Waals surface area contributed by atoms with E-state index in [0.29, 0.717) is 0 Å². The summed E-state index contributed by atoms with van der Waals surface area (Å²) in [6.45, 7) is 0. The van der Waals surface area contributed by atoms with Crippen molar-refractivity contribution in [1.29, 1.82) is 0 Å². The predicted octanol–water partition coefficient (Wildman–Crippen LogP) is 0.0790. The smallest absolute Gasteiger partial charge is 0.147 e. The topological polar surface area (TPSA) is 0 Å². The van der Waals surface area contributed by atoms with Gasteiger partial charge >= 0.3 is 0 Å². The van der Waals surface area contributed by atoms with E-state index in [0.717, 1.165) is 0 Å². The molecule has 0 aromatic rings. The fraction of sp³-hybridized carbons (Fsp3) is 0. The maximum atomic E-state index is 0. The summed E-state index contributed by atoms with van der Waals surface area (Å²) in [6, 6.07) is 0. The Morgan fingerprint density at radius 2 is 0.600 bits per heavy atom. The summed E-state index contributed by atoms with van der Waals surface area (Å²) in [4.78, 5) is 0. The van der Waals surface area contributed by atoms with E-state index in [4.69, 9.17) is 0 Å². The van der Waals surface area contributed by atoms with E-state index >= 15 is 0 Å². The van der Waals surface area contributed by atoms with E-state index in [1.807, 2.05) is 0 Å². The Balaban J connectivity index is 0. The van der Waals surface area contributed by atoms with Gasteiger partial charge in [-0.05, 0) is 0 Å². The first kappa shape index (κ1) is 63.4. The van der Waals surface area contributed by atoms with Crippen LogP contribution in [0.2, 0.25) is 0 Å². The van der Waals surface area contributed by atoms with Crippen LogP contribution in [-0.4, -0.2) is 17.4 Å². The molecule has 0 heterocycles. The van der Waals surface area contributed by atoms with Gasteiger partial charge in [0.1, 0.15) is 0 Å². The van der Waals surface area contributed by atoms with Crippen molar-refractivity contribution in [1.82, 2.24) is 0 Å². The summed E-state index contributed by atoms with van der Waals surface area (Å²) in [5.41, 5.74) is 0. The first-order valence-corrected chi connectivity index (χ1v) is 0. The zero-order valence-corrected chi connectivity index (χ0v) is 5.52. The zero-order valence-electron chi connectivity index (χ0n) is 1.67. The Labute approximate surface area is 72.7 Å². The van der Waals surface area contributed by atoms with Crippen molar-refractivity contribution in [2.24, 2.45) is 0 Å². The van der Waals surface area contributed by atoms with Gasteiger partial charge in [0.15, 0.2) is 17.4 Å². The summed E-state index contributed by atoms with van der Waals surface area (Å²) < 4.78 is 0. The van der Waals surface area contributed by atoms with E-state index < -0.39 is 0 Å². The molecule has 0 spiro atoms. The quantitative estimate of drug-likeness (QED) is 0.475. The van der Waals surface area contributed by atoms with Gasteiger partial charge in [0.05, 0.1) is 0 Å². The molecule has 0 aliphatic carbocycles. The fourth-order valence-electron chi connectivity index (χ4n) is 0. The molecule has 0 bridgehead atoms. The zero-order chi connectivity index (χ0) is 0. The third kappa shape index (κ3) is 24.1. The minimum absolute atomic E-state index is 0. The second-order valence-electron chi connectivity index (χ2n) is 0. The van der Waals surface area contributed by atoms with Crippen LogP contribution in [0.15, 0.2) is 0 Å². The number of halogens is 3. The van der Waals surface area contributed by atoms with Crippen molar-refractivity contribution >= 4 is 54.6 Å². The van der Waals surface area contributed by atoms with Crippen molar-refractivity contribution < 1.29 is 18.6 Å². The van der Waals surface area contributed by atoms with E-state index in [2.05, 4.69) is 0 Å². The number of hydrogen-bond acceptors (Lipinski definition) is 0. The van der Waals surface area contributed by atoms with Crippen molar-refractivity contribution in [2.75, 3.05) is 0 Å². The van der Waals surface area contributed by atoms with Crippen LogP contribution in [0.3, 0.4) is 0 Å². The standard InChI is InChI=1S/Al.3ClH.V.3H/h;3*1H;;;;. The molecule has 0 aromatic heterocycles. The van der Waals surface area contributed by atoms with Gasteiger partial charge in [-0.15, -0.1) is 37.2 Å². The van der Waals surface area contributed by atoms with Gasteiger partial charge in [0.2, 0.25) is 0 Å². The third-order valence-corrected chi connectivity index (χ3v) is 0. The van der Waals surface area contributed by atoms with Gasteiger partial charge in [0, 0.05) is 18.6 Å². The molecule has 0 N–H and O–H groups in total. The maximum absolute atomic E-state index is 0. The molecule has 0 saturated heterocycles. The van der Waals surface area contributed by atoms with E-state index in [1.165, 1.54) is 0 Å². The maximum Gasteiger partial charge on any atom is 0.187 e. The number of rotatable bonds is 0. The Hall–Kier alpha value is 1.99. The Kier molecular flexibility index (Phi) is 479. The van der Waals surface area contributed by atoms with Crippen molar-refractivity contribution in [2.45, 2.75) is 0 Å². The summed E-state index contributed by atoms with van der Waals surface area (Å²) in [6.07, 6.45) is 0. The normalized spacial score (nSPS) is 0. The molecule has 0 aliphatic rings. The van der Waals surface area contributed by atoms with Gasteiger partial charge < -0.3 is 0 Å². The molecule has 0 amide bonds. The molecule has 0 atom stereocenters. The molecule has 0 aromatic carbocycles. The van der Waals surface area contributed by atoms with Crippen LogP contribution in [0.5, 0.6) is 0 Å². The minimum Gasteiger partial charge on any atom is -0.147 e. The minimum atomic E-state index is 0. The second-order valence-corrected chi connectivity index (χ2v) is 0. The average molecular weight is 190 g/mol. The van der Waals surface area contributed by atoms with Crippen LogP contribution in [0.1, 0.15) is 0 Å². The molecule has 35 valence electrons. The SMILES string of the molecule is Cl.Cl.Cl.[AlH3].[V]. The molecule has 0 rings (SSSR count). The fourth-order valence-corrected chi connectivity index (χ4v) is 0. The molecule has 0 fully saturated rings. The second kappa shape index (κ2) is 37.7. The van der Waals surface area contributed by atoms with Crippen LogP contribution < -0.4 is 0 Å². The third-order valence-electron chi connectivity index (χ3n) is 0. The summed E-state index contributed by atoms with van der Waals surface area (Å²) in [5.74, 6) is 0. The van der Waals surface area contributed by atoms with Gasteiger partial charge in [-0.25, -0.2) is 0 Å². The first-order valence-electron chi connectivity index (χ1n) is 0. The molecule has 0 unspecified atom stereocenters. The van der Waals surface area contributed by atoms with E-state index in [1.54, 1.807) is 0 Å². The summed E-state index contributed by atoms with van der Waals surface area (Å²) >= 11 is 0. The molecule has 5 heteroatoms. The van der Waals surface area contributed by atoms with E-state index in [9.17, 15) is 0 Å². The molecule has 0 saturated carbocycles. The first-order chi connectivity index (χ1) is 0. The predicted molar refractivity (Wildman–Crippen MR) is 31.7 cm³/mol. The monoisotopic (exact) mass is 189 g/mol. The van der Waals surface area contributed by atoms with Crippen molar-refractivity contribution in [3.8, 4) is 0 Å². The molecule has 0 nitrogen and oxygen atoms in total. The van der Waals surface area contributed by atoms with Crippen molar-refractivity contribution in [3.63, 3.8) is 0 Å². The van der Waals surface area contributed by atoms with Gasteiger partial charge in [0.25, 0.3) is 0 Å². The summed E-state index contributed by atoms with van der Waals surface area (Å²) in [7, 11) is 0. The Morgan fingerprint density at radius 3 is 0.600 bits per heavy atom. The summed E-state index contributed by atoms with van der Waals surface area (Å²) in [5, 5.41) is 0.